The maximum absolute atomic E-state index is 13.0. The van der Waals surface area contributed by atoms with Crippen LogP contribution in [-0.4, -0.2) is 40.7 Å². The monoisotopic (exact) mass is 538 g/mol. The van der Waals surface area contributed by atoms with Gasteiger partial charge in [0, 0.05) is 13.0 Å². The van der Waals surface area contributed by atoms with Gasteiger partial charge in [-0.1, -0.05) is 85.6 Å². The fourth-order valence-electron chi connectivity index (χ4n) is 3.95. The predicted molar refractivity (Wildman–Crippen MR) is 148 cm³/mol. The number of amides is 1. The minimum atomic E-state index is -4.05. The number of nitrogens with one attached hydrogen (secondary N) is 2. The summed E-state index contributed by atoms with van der Waals surface area (Å²) in [5.74, 6) is -0.802. The lowest BCUT2D eigenvalue weighted by molar-refractivity contribution is -0.137. The number of hydrogen-bond donors (Lipinski definition) is 4. The summed E-state index contributed by atoms with van der Waals surface area (Å²) in [6, 6.07) is 25.5. The van der Waals surface area contributed by atoms with Gasteiger partial charge in [0.15, 0.2) is 0 Å². The van der Waals surface area contributed by atoms with E-state index in [-0.39, 0.29) is 18.1 Å². The number of benzene rings is 3. The second-order valence-corrected chi connectivity index (χ2v) is 10.8. The summed E-state index contributed by atoms with van der Waals surface area (Å²) in [6.45, 7) is 0.439. The molecule has 1 amide bonds. The number of aliphatic carboxylic acids is 1. The quantitative estimate of drug-likeness (QED) is 0.145. The average Bonchev–Trinajstić information content (AvgIpc) is 2.91. The molecule has 0 aliphatic rings. The Kier molecular flexibility index (Phi) is 11.6. The molecule has 0 aromatic heterocycles. The van der Waals surface area contributed by atoms with E-state index in [1.807, 2.05) is 54.6 Å². The summed E-state index contributed by atoms with van der Waals surface area (Å²) in [5.41, 5.74) is 3.05. The van der Waals surface area contributed by atoms with Gasteiger partial charge in [0.2, 0.25) is 5.91 Å². The minimum absolute atomic E-state index is 0.147. The van der Waals surface area contributed by atoms with Crippen LogP contribution in [0.3, 0.4) is 0 Å². The van der Waals surface area contributed by atoms with Crippen molar-refractivity contribution in [2.45, 2.75) is 44.6 Å². The Balaban J connectivity index is 1.59. The molecular weight excluding hydrogens is 503 g/mol. The van der Waals surface area contributed by atoms with Crippen molar-refractivity contribution in [1.29, 1.82) is 0 Å². The molecule has 3 aromatic carbocycles. The smallest absolute Gasteiger partial charge is 0.390 e. The molecule has 202 valence electrons. The highest BCUT2D eigenvalue weighted by Crippen LogP contribution is 2.41. The summed E-state index contributed by atoms with van der Waals surface area (Å²) < 4.78 is 17.9. The van der Waals surface area contributed by atoms with E-state index in [9.17, 15) is 19.0 Å². The molecule has 0 radical (unpaired) electrons. The predicted octanol–water partition coefficient (Wildman–Crippen LogP) is 5.23. The minimum Gasteiger partial charge on any atom is -0.481 e. The normalized spacial score (nSPS) is 13.3. The van der Waals surface area contributed by atoms with E-state index in [1.54, 1.807) is 30.3 Å². The summed E-state index contributed by atoms with van der Waals surface area (Å²) in [7, 11) is -4.05. The zero-order valence-corrected chi connectivity index (χ0v) is 22.2. The van der Waals surface area contributed by atoms with E-state index in [4.69, 9.17) is 9.63 Å². The molecular formula is C29H35N2O6P. The van der Waals surface area contributed by atoms with E-state index in [0.29, 0.717) is 19.4 Å². The van der Waals surface area contributed by atoms with Crippen LogP contribution >= 0.6 is 7.60 Å². The van der Waals surface area contributed by atoms with Gasteiger partial charge < -0.3 is 19.8 Å². The molecule has 0 spiro atoms. The third kappa shape index (κ3) is 10.5. The molecule has 8 nitrogen and oxygen atoms in total. The van der Waals surface area contributed by atoms with Crippen LogP contribution in [-0.2, 0) is 20.6 Å². The first kappa shape index (κ1) is 29.1. The number of para-hydroxylation sites is 1. The number of rotatable bonds is 16. The van der Waals surface area contributed by atoms with Crippen LogP contribution in [0.1, 0.15) is 37.7 Å². The first-order valence-electron chi connectivity index (χ1n) is 12.8. The van der Waals surface area contributed by atoms with Gasteiger partial charge in [-0.15, -0.1) is 0 Å². The van der Waals surface area contributed by atoms with Crippen molar-refractivity contribution in [3.8, 4) is 16.9 Å². The summed E-state index contributed by atoms with van der Waals surface area (Å²) >= 11 is 0. The van der Waals surface area contributed by atoms with Gasteiger partial charge in [-0.3, -0.25) is 14.9 Å². The van der Waals surface area contributed by atoms with Crippen LogP contribution in [0.2, 0.25) is 0 Å². The van der Waals surface area contributed by atoms with Gasteiger partial charge in [-0.25, -0.2) is 4.57 Å². The summed E-state index contributed by atoms with van der Waals surface area (Å²) in [6.07, 6.45) is 3.00. The molecule has 3 rings (SSSR count). The third-order valence-corrected chi connectivity index (χ3v) is 7.04. The van der Waals surface area contributed by atoms with Crippen molar-refractivity contribution in [2.24, 2.45) is 0 Å². The first-order chi connectivity index (χ1) is 18.3. The SMILES string of the molecule is O=C(O)CCCCCCNC(=O)[C@H](Cc1ccc(-c2ccccc2)cc1)NCP(=O)(O)Oc1ccccc1. The van der Waals surface area contributed by atoms with Crippen molar-refractivity contribution >= 4 is 19.5 Å². The molecule has 38 heavy (non-hydrogen) atoms. The Morgan fingerprint density at radius 1 is 0.816 bits per heavy atom. The standard InChI is InChI=1S/C29H35N2O6P/c32-28(33)15-9-1-2-10-20-30-29(34)27(31-22-38(35,36)37-26-13-7-4-8-14-26)21-23-16-18-25(19-17-23)24-11-5-3-6-12-24/h3-8,11-14,16-19,27,31H,1-2,9-10,15,20-22H2,(H,30,34)(H,32,33)(H,35,36)/t27-/m0/s1. The van der Waals surface area contributed by atoms with Crippen molar-refractivity contribution in [2.75, 3.05) is 12.8 Å². The number of carbonyl (C=O) groups excluding carboxylic acids is 1. The largest absolute Gasteiger partial charge is 0.481 e. The fraction of sp³-hybridized carbons (Fsp3) is 0.310. The van der Waals surface area contributed by atoms with Gasteiger partial charge >= 0.3 is 13.6 Å². The Morgan fingerprint density at radius 3 is 2.08 bits per heavy atom. The molecule has 0 saturated heterocycles. The molecule has 0 fully saturated rings. The Hall–Kier alpha value is -3.45. The van der Waals surface area contributed by atoms with Crippen molar-refractivity contribution in [1.82, 2.24) is 10.6 Å². The van der Waals surface area contributed by atoms with Crippen LogP contribution in [0.5, 0.6) is 5.75 Å². The average molecular weight is 539 g/mol. The maximum atomic E-state index is 13.0. The molecule has 4 N–H and O–H groups in total. The van der Waals surface area contributed by atoms with E-state index in [1.165, 1.54) is 0 Å². The van der Waals surface area contributed by atoms with E-state index < -0.39 is 25.9 Å². The number of unbranched alkanes of at least 4 members (excludes halogenated alkanes) is 3. The molecule has 0 aliphatic heterocycles. The molecule has 0 aliphatic carbocycles. The first-order valence-corrected chi connectivity index (χ1v) is 14.5. The Labute approximate surface area is 223 Å². The fourth-order valence-corrected chi connectivity index (χ4v) is 4.92. The lowest BCUT2D eigenvalue weighted by Crippen LogP contribution is -2.46. The Morgan fingerprint density at radius 2 is 1.42 bits per heavy atom. The molecule has 9 heteroatoms. The van der Waals surface area contributed by atoms with Crippen molar-refractivity contribution in [3.05, 3.63) is 90.5 Å². The van der Waals surface area contributed by atoms with Crippen LogP contribution in [0, 0.1) is 0 Å². The number of hydrogen-bond acceptors (Lipinski definition) is 5. The molecule has 2 atom stereocenters. The summed E-state index contributed by atoms with van der Waals surface area (Å²) in [4.78, 5) is 34.0. The highest BCUT2D eigenvalue weighted by Gasteiger charge is 2.26. The zero-order chi connectivity index (χ0) is 27.2. The van der Waals surface area contributed by atoms with E-state index in [0.717, 1.165) is 36.0 Å². The molecule has 0 saturated carbocycles. The van der Waals surface area contributed by atoms with Gasteiger partial charge in [0.25, 0.3) is 0 Å². The number of carboxylic acids is 1. The van der Waals surface area contributed by atoms with Crippen LogP contribution < -0.4 is 15.2 Å². The van der Waals surface area contributed by atoms with Gasteiger partial charge in [0.1, 0.15) is 12.0 Å². The third-order valence-electron chi connectivity index (χ3n) is 5.96. The molecule has 1 unspecified atom stereocenters. The number of carboxylic acid groups (broad SMARTS) is 1. The molecule has 0 bridgehead atoms. The van der Waals surface area contributed by atoms with Crippen molar-refractivity contribution in [3.63, 3.8) is 0 Å². The van der Waals surface area contributed by atoms with E-state index in [2.05, 4.69) is 10.6 Å². The van der Waals surface area contributed by atoms with Gasteiger partial charge in [-0.05, 0) is 48.1 Å². The second-order valence-electron chi connectivity index (χ2n) is 9.07. The zero-order valence-electron chi connectivity index (χ0n) is 21.3. The van der Waals surface area contributed by atoms with Crippen LogP contribution in [0.15, 0.2) is 84.9 Å². The highest BCUT2D eigenvalue weighted by atomic mass is 31.2. The van der Waals surface area contributed by atoms with Crippen LogP contribution in [0.25, 0.3) is 11.1 Å². The van der Waals surface area contributed by atoms with Crippen molar-refractivity contribution < 1.29 is 28.7 Å². The van der Waals surface area contributed by atoms with Gasteiger partial charge in [-0.2, -0.15) is 0 Å². The molecule has 0 heterocycles. The second kappa shape index (κ2) is 15.1. The Bertz CT molecular complexity index is 1190. The highest BCUT2D eigenvalue weighted by molar-refractivity contribution is 7.53. The van der Waals surface area contributed by atoms with Gasteiger partial charge in [0.05, 0.1) is 6.04 Å². The molecule has 3 aromatic rings. The van der Waals surface area contributed by atoms with E-state index >= 15 is 0 Å². The number of carbonyl (C=O) groups is 2. The summed E-state index contributed by atoms with van der Waals surface area (Å²) in [5, 5.41) is 14.6. The maximum Gasteiger partial charge on any atom is 0.390 e. The lowest BCUT2D eigenvalue weighted by Gasteiger charge is -2.21. The lowest BCUT2D eigenvalue weighted by atomic mass is 10.0. The van der Waals surface area contributed by atoms with Crippen LogP contribution in [0.4, 0.5) is 0 Å². The topological polar surface area (TPSA) is 125 Å².